The van der Waals surface area contributed by atoms with Gasteiger partial charge in [0.15, 0.2) is 0 Å². The minimum Gasteiger partial charge on any atom is -0.396 e. The van der Waals surface area contributed by atoms with Crippen LogP contribution < -0.4 is 5.32 Å². The molecule has 2 aliphatic heterocycles. The summed E-state index contributed by atoms with van der Waals surface area (Å²) in [5.74, 6) is 0.0467. The first-order valence-corrected chi connectivity index (χ1v) is 8.45. The van der Waals surface area contributed by atoms with Crippen molar-refractivity contribution in [3.8, 4) is 0 Å². The molecule has 0 saturated carbocycles. The molecule has 2 amide bonds. The SMILES string of the molecule is CC(C)=CC[C@]1(CO)CCCN(C(=O)CN2CCNC(=O)C2)C1. The molecule has 0 aliphatic carbocycles. The molecule has 1 atom stereocenters. The van der Waals surface area contributed by atoms with Crippen LogP contribution in [0.3, 0.4) is 0 Å². The van der Waals surface area contributed by atoms with Crippen molar-refractivity contribution in [3.63, 3.8) is 0 Å². The summed E-state index contributed by atoms with van der Waals surface area (Å²) >= 11 is 0. The number of aliphatic hydroxyl groups is 1. The fourth-order valence-corrected chi connectivity index (χ4v) is 3.32. The van der Waals surface area contributed by atoms with Crippen LogP contribution in [-0.4, -0.2) is 72.6 Å². The molecule has 0 aromatic carbocycles. The topological polar surface area (TPSA) is 72.9 Å². The summed E-state index contributed by atoms with van der Waals surface area (Å²) in [5.41, 5.74) is 1.02. The number of allylic oxidation sites excluding steroid dienone is 2. The molecule has 0 aromatic heterocycles. The van der Waals surface area contributed by atoms with Crippen molar-refractivity contribution in [1.29, 1.82) is 0 Å². The Bertz CT molecular complexity index is 474. The van der Waals surface area contributed by atoms with Gasteiger partial charge >= 0.3 is 0 Å². The lowest BCUT2D eigenvalue weighted by Crippen LogP contribution is -2.54. The summed E-state index contributed by atoms with van der Waals surface area (Å²) in [6.45, 7) is 7.46. The van der Waals surface area contributed by atoms with E-state index in [2.05, 4.69) is 25.2 Å². The van der Waals surface area contributed by atoms with E-state index in [0.29, 0.717) is 26.2 Å². The zero-order chi connectivity index (χ0) is 16.9. The summed E-state index contributed by atoms with van der Waals surface area (Å²) in [5, 5.41) is 12.6. The minimum atomic E-state index is -0.218. The van der Waals surface area contributed by atoms with Crippen LogP contribution in [0.5, 0.6) is 0 Å². The molecule has 0 unspecified atom stereocenters. The van der Waals surface area contributed by atoms with Crippen LogP contribution in [0.25, 0.3) is 0 Å². The van der Waals surface area contributed by atoms with Gasteiger partial charge in [-0.15, -0.1) is 0 Å². The van der Waals surface area contributed by atoms with Crippen molar-refractivity contribution < 1.29 is 14.7 Å². The number of hydrogen-bond donors (Lipinski definition) is 2. The second-order valence-corrected chi connectivity index (χ2v) is 7.12. The maximum absolute atomic E-state index is 12.6. The molecule has 6 nitrogen and oxygen atoms in total. The number of carbonyl (C=O) groups excluding carboxylic acids is 2. The second kappa shape index (κ2) is 7.93. The summed E-state index contributed by atoms with van der Waals surface area (Å²) in [6, 6.07) is 0. The summed E-state index contributed by atoms with van der Waals surface area (Å²) < 4.78 is 0. The number of rotatable bonds is 5. The van der Waals surface area contributed by atoms with E-state index in [1.165, 1.54) is 5.57 Å². The van der Waals surface area contributed by atoms with E-state index in [-0.39, 0.29) is 30.4 Å². The average molecular weight is 323 g/mol. The van der Waals surface area contributed by atoms with E-state index in [9.17, 15) is 14.7 Å². The maximum atomic E-state index is 12.6. The number of aliphatic hydroxyl groups excluding tert-OH is 1. The van der Waals surface area contributed by atoms with Crippen LogP contribution in [-0.2, 0) is 9.59 Å². The highest BCUT2D eigenvalue weighted by Crippen LogP contribution is 2.34. The van der Waals surface area contributed by atoms with Gasteiger partial charge in [-0.1, -0.05) is 11.6 Å². The highest BCUT2D eigenvalue weighted by molar-refractivity contribution is 5.82. The first-order valence-electron chi connectivity index (χ1n) is 8.45. The summed E-state index contributed by atoms with van der Waals surface area (Å²) in [7, 11) is 0. The highest BCUT2D eigenvalue weighted by atomic mass is 16.3. The lowest BCUT2D eigenvalue weighted by atomic mass is 9.77. The quantitative estimate of drug-likeness (QED) is 0.717. The molecule has 130 valence electrons. The number of amides is 2. The van der Waals surface area contributed by atoms with Gasteiger partial charge in [0.1, 0.15) is 0 Å². The minimum absolute atomic E-state index is 0.0176. The van der Waals surface area contributed by atoms with Crippen LogP contribution in [0, 0.1) is 5.41 Å². The van der Waals surface area contributed by atoms with E-state index in [1.54, 1.807) is 0 Å². The van der Waals surface area contributed by atoms with Gasteiger partial charge in [-0.05, 0) is 33.1 Å². The fraction of sp³-hybridized carbons (Fsp3) is 0.765. The van der Waals surface area contributed by atoms with Crippen LogP contribution in [0.4, 0.5) is 0 Å². The van der Waals surface area contributed by atoms with Crippen molar-refractivity contribution in [2.24, 2.45) is 5.41 Å². The third-order valence-electron chi connectivity index (χ3n) is 4.77. The molecule has 0 radical (unpaired) electrons. The van der Waals surface area contributed by atoms with E-state index in [4.69, 9.17) is 0 Å². The highest BCUT2D eigenvalue weighted by Gasteiger charge is 2.36. The van der Waals surface area contributed by atoms with Crippen molar-refractivity contribution >= 4 is 11.8 Å². The summed E-state index contributed by atoms with van der Waals surface area (Å²) in [4.78, 5) is 27.7. The van der Waals surface area contributed by atoms with Gasteiger partial charge in [0, 0.05) is 31.6 Å². The molecule has 6 heteroatoms. The van der Waals surface area contributed by atoms with E-state index < -0.39 is 0 Å². The van der Waals surface area contributed by atoms with Crippen LogP contribution in [0.2, 0.25) is 0 Å². The molecule has 2 N–H and O–H groups in total. The fourth-order valence-electron chi connectivity index (χ4n) is 3.32. The molecule has 2 saturated heterocycles. The molecule has 23 heavy (non-hydrogen) atoms. The van der Waals surface area contributed by atoms with Crippen molar-refractivity contribution in [2.75, 3.05) is 45.9 Å². The van der Waals surface area contributed by atoms with Crippen LogP contribution in [0.15, 0.2) is 11.6 Å². The van der Waals surface area contributed by atoms with Crippen molar-refractivity contribution in [1.82, 2.24) is 15.1 Å². The third kappa shape index (κ3) is 5.04. The number of likely N-dealkylation sites (tertiary alicyclic amines) is 1. The van der Waals surface area contributed by atoms with E-state index in [0.717, 1.165) is 25.8 Å². The van der Waals surface area contributed by atoms with Gasteiger partial charge in [0.2, 0.25) is 11.8 Å². The number of carbonyl (C=O) groups is 2. The Labute approximate surface area is 138 Å². The number of nitrogens with zero attached hydrogens (tertiary/aromatic N) is 2. The van der Waals surface area contributed by atoms with Gasteiger partial charge in [-0.25, -0.2) is 0 Å². The number of piperidine rings is 1. The average Bonchev–Trinajstić information content (AvgIpc) is 2.53. The molecule has 0 aromatic rings. The number of nitrogens with one attached hydrogen (secondary N) is 1. The zero-order valence-electron chi connectivity index (χ0n) is 14.3. The lowest BCUT2D eigenvalue weighted by Gasteiger charge is -2.42. The predicted molar refractivity (Wildman–Crippen MR) is 88.8 cm³/mol. The molecule has 0 bridgehead atoms. The first-order chi connectivity index (χ1) is 10.9. The van der Waals surface area contributed by atoms with Gasteiger partial charge < -0.3 is 15.3 Å². The van der Waals surface area contributed by atoms with Gasteiger partial charge in [0.05, 0.1) is 19.7 Å². The van der Waals surface area contributed by atoms with Crippen LogP contribution in [0.1, 0.15) is 33.1 Å². The van der Waals surface area contributed by atoms with Gasteiger partial charge in [-0.3, -0.25) is 14.5 Å². The first kappa shape index (κ1) is 17.9. The normalized spacial score (nSPS) is 25.9. The number of piperazine rings is 1. The Kier molecular flexibility index (Phi) is 6.18. The van der Waals surface area contributed by atoms with Crippen molar-refractivity contribution in [3.05, 3.63) is 11.6 Å². The Balaban J connectivity index is 1.94. The Morgan fingerprint density at radius 3 is 2.83 bits per heavy atom. The Morgan fingerprint density at radius 2 is 2.17 bits per heavy atom. The monoisotopic (exact) mass is 323 g/mol. The van der Waals surface area contributed by atoms with Crippen molar-refractivity contribution in [2.45, 2.75) is 33.1 Å². The molecule has 2 fully saturated rings. The van der Waals surface area contributed by atoms with Gasteiger partial charge in [-0.2, -0.15) is 0 Å². The number of hydrogen-bond acceptors (Lipinski definition) is 4. The third-order valence-corrected chi connectivity index (χ3v) is 4.77. The standard InChI is InChI=1S/C17H29N3O3/c1-14(2)4-6-17(13-21)5-3-8-20(12-17)16(23)11-19-9-7-18-15(22)10-19/h4,21H,3,5-13H2,1-2H3,(H,18,22)/t17-/m1/s1. The molecule has 2 rings (SSSR count). The molecular weight excluding hydrogens is 294 g/mol. The molecular formula is C17H29N3O3. The predicted octanol–water partition coefficient (Wildman–Crippen LogP) is 0.376. The van der Waals surface area contributed by atoms with E-state index in [1.807, 2.05) is 9.80 Å². The molecule has 0 spiro atoms. The zero-order valence-corrected chi connectivity index (χ0v) is 14.3. The second-order valence-electron chi connectivity index (χ2n) is 7.12. The van der Waals surface area contributed by atoms with Gasteiger partial charge in [0.25, 0.3) is 0 Å². The van der Waals surface area contributed by atoms with Crippen LogP contribution >= 0.6 is 0 Å². The maximum Gasteiger partial charge on any atom is 0.236 e. The largest absolute Gasteiger partial charge is 0.396 e. The summed E-state index contributed by atoms with van der Waals surface area (Å²) in [6.07, 6.45) is 4.83. The molecule has 2 heterocycles. The smallest absolute Gasteiger partial charge is 0.236 e. The Hall–Kier alpha value is -1.40. The lowest BCUT2D eigenvalue weighted by molar-refractivity contribution is -0.137. The van der Waals surface area contributed by atoms with E-state index >= 15 is 0 Å². The Morgan fingerprint density at radius 1 is 1.39 bits per heavy atom. The molecule has 2 aliphatic rings.